The van der Waals surface area contributed by atoms with Crippen molar-refractivity contribution in [1.82, 2.24) is 5.06 Å². The zero-order chi connectivity index (χ0) is 12.5. The van der Waals surface area contributed by atoms with Gasteiger partial charge in [0.15, 0.2) is 0 Å². The Hall–Kier alpha value is -1.90. The number of hydroxylamine groups is 2. The molecule has 1 aromatic carbocycles. The molecule has 0 amide bonds. The molecule has 0 aromatic heterocycles. The summed E-state index contributed by atoms with van der Waals surface area (Å²) in [5, 5.41) is 19.5. The SMILES string of the molecule is CCOC(=O)C1(C#N)C(c2ccccc2)N1O. The average molecular weight is 232 g/mol. The molecule has 0 bridgehead atoms. The highest BCUT2D eigenvalue weighted by molar-refractivity contribution is 5.89. The number of ether oxygens (including phenoxy) is 1. The van der Waals surface area contributed by atoms with E-state index in [9.17, 15) is 10.0 Å². The molecule has 1 fully saturated rings. The summed E-state index contributed by atoms with van der Waals surface area (Å²) >= 11 is 0. The fourth-order valence-corrected chi connectivity index (χ4v) is 1.90. The molecular weight excluding hydrogens is 220 g/mol. The largest absolute Gasteiger partial charge is 0.464 e. The van der Waals surface area contributed by atoms with Crippen molar-refractivity contribution in [2.45, 2.75) is 18.5 Å². The third-order valence-electron chi connectivity index (χ3n) is 2.81. The van der Waals surface area contributed by atoms with Crippen LogP contribution in [0.3, 0.4) is 0 Å². The van der Waals surface area contributed by atoms with Crippen LogP contribution in [0.1, 0.15) is 18.5 Å². The van der Waals surface area contributed by atoms with Crippen molar-refractivity contribution in [2.24, 2.45) is 0 Å². The molecule has 17 heavy (non-hydrogen) atoms. The van der Waals surface area contributed by atoms with Crippen LogP contribution in [0.25, 0.3) is 0 Å². The smallest absolute Gasteiger partial charge is 0.345 e. The molecular formula is C12H12N2O3. The van der Waals surface area contributed by atoms with Gasteiger partial charge in [0.1, 0.15) is 12.1 Å². The number of carbonyl (C=O) groups is 1. The number of hydrogen-bond donors (Lipinski definition) is 1. The van der Waals surface area contributed by atoms with Crippen LogP contribution < -0.4 is 0 Å². The highest BCUT2D eigenvalue weighted by Gasteiger charge is 2.71. The van der Waals surface area contributed by atoms with E-state index in [0.29, 0.717) is 5.56 Å². The molecule has 1 aliphatic heterocycles. The number of carbonyl (C=O) groups excluding carboxylic acids is 1. The standard InChI is InChI=1S/C12H12N2O3/c1-2-17-11(15)12(8-13)10(14(12)16)9-6-4-3-5-7-9/h3-7,10,16H,2H2,1H3. The molecule has 0 radical (unpaired) electrons. The summed E-state index contributed by atoms with van der Waals surface area (Å²) in [5.41, 5.74) is -0.873. The fraction of sp³-hybridized carbons (Fsp3) is 0.333. The van der Waals surface area contributed by atoms with E-state index < -0.39 is 17.6 Å². The number of nitriles is 1. The lowest BCUT2D eigenvalue weighted by atomic mass is 10.0. The van der Waals surface area contributed by atoms with Crippen LogP contribution in [0.5, 0.6) is 0 Å². The van der Waals surface area contributed by atoms with Gasteiger partial charge >= 0.3 is 5.97 Å². The Bertz CT molecular complexity index is 468. The maximum Gasteiger partial charge on any atom is 0.345 e. The maximum absolute atomic E-state index is 11.7. The third kappa shape index (κ3) is 1.58. The molecule has 3 unspecified atom stereocenters. The molecule has 1 aliphatic rings. The molecule has 2 rings (SSSR count). The normalized spacial score (nSPS) is 30.4. The molecule has 3 atom stereocenters. The van der Waals surface area contributed by atoms with Gasteiger partial charge in [-0.3, -0.25) is 0 Å². The van der Waals surface area contributed by atoms with Gasteiger partial charge in [0.25, 0.3) is 5.54 Å². The summed E-state index contributed by atoms with van der Waals surface area (Å²) in [5.74, 6) is -0.709. The van der Waals surface area contributed by atoms with Crippen LogP contribution in [-0.4, -0.2) is 28.4 Å². The van der Waals surface area contributed by atoms with Gasteiger partial charge in [0.05, 0.1) is 6.61 Å². The van der Waals surface area contributed by atoms with Crippen LogP contribution >= 0.6 is 0 Å². The average Bonchev–Trinajstić information content (AvgIpc) is 2.97. The molecule has 1 N–H and O–H groups in total. The summed E-state index contributed by atoms with van der Waals surface area (Å²) in [6.07, 6.45) is 0. The van der Waals surface area contributed by atoms with Gasteiger partial charge in [-0.15, -0.1) is 5.06 Å². The van der Waals surface area contributed by atoms with Crippen molar-refractivity contribution in [3.63, 3.8) is 0 Å². The van der Waals surface area contributed by atoms with E-state index in [-0.39, 0.29) is 6.61 Å². The highest BCUT2D eigenvalue weighted by Crippen LogP contribution is 2.51. The van der Waals surface area contributed by atoms with Crippen molar-refractivity contribution in [3.05, 3.63) is 35.9 Å². The molecule has 88 valence electrons. The van der Waals surface area contributed by atoms with Gasteiger partial charge in [0.2, 0.25) is 0 Å². The summed E-state index contributed by atoms with van der Waals surface area (Å²) in [6.45, 7) is 1.84. The van der Waals surface area contributed by atoms with E-state index in [0.717, 1.165) is 5.06 Å². The summed E-state index contributed by atoms with van der Waals surface area (Å²) in [7, 11) is 0. The number of esters is 1. The first-order valence-corrected chi connectivity index (χ1v) is 5.30. The molecule has 1 aromatic rings. The first kappa shape index (κ1) is 11.6. The minimum Gasteiger partial charge on any atom is -0.464 e. The van der Waals surface area contributed by atoms with Crippen LogP contribution in [0.4, 0.5) is 0 Å². The first-order chi connectivity index (χ1) is 8.18. The molecule has 1 saturated heterocycles. The minimum atomic E-state index is -1.59. The van der Waals surface area contributed by atoms with Gasteiger partial charge < -0.3 is 9.94 Å². The number of rotatable bonds is 3. The molecule has 1 heterocycles. The van der Waals surface area contributed by atoms with E-state index in [4.69, 9.17) is 10.00 Å². The molecule has 5 nitrogen and oxygen atoms in total. The Morgan fingerprint density at radius 3 is 2.76 bits per heavy atom. The lowest BCUT2D eigenvalue weighted by Crippen LogP contribution is -2.29. The number of nitrogens with zero attached hydrogens (tertiary/aromatic N) is 2. The van der Waals surface area contributed by atoms with E-state index in [2.05, 4.69) is 0 Å². The quantitative estimate of drug-likeness (QED) is 0.627. The minimum absolute atomic E-state index is 0.178. The van der Waals surface area contributed by atoms with Gasteiger partial charge in [-0.25, -0.2) is 4.79 Å². The van der Waals surface area contributed by atoms with Crippen LogP contribution in [0.2, 0.25) is 0 Å². The van der Waals surface area contributed by atoms with Gasteiger partial charge in [-0.05, 0) is 12.5 Å². The van der Waals surface area contributed by atoms with Gasteiger partial charge in [-0.2, -0.15) is 5.26 Å². The molecule has 5 heteroatoms. The lowest BCUT2D eigenvalue weighted by molar-refractivity contribution is -0.149. The van der Waals surface area contributed by atoms with Crippen LogP contribution in [0.15, 0.2) is 30.3 Å². The molecule has 0 saturated carbocycles. The molecule has 0 aliphatic carbocycles. The Labute approximate surface area is 98.8 Å². The highest BCUT2D eigenvalue weighted by atomic mass is 16.6. The van der Waals surface area contributed by atoms with Crippen LogP contribution in [0, 0.1) is 11.3 Å². The first-order valence-electron chi connectivity index (χ1n) is 5.30. The summed E-state index contributed by atoms with van der Waals surface area (Å²) in [6, 6.07) is 10.1. The predicted molar refractivity (Wildman–Crippen MR) is 57.8 cm³/mol. The summed E-state index contributed by atoms with van der Waals surface area (Å²) in [4.78, 5) is 11.7. The van der Waals surface area contributed by atoms with Crippen molar-refractivity contribution in [3.8, 4) is 6.07 Å². The second-order valence-electron chi connectivity index (χ2n) is 3.76. The second kappa shape index (κ2) is 4.17. The zero-order valence-corrected chi connectivity index (χ0v) is 9.33. The second-order valence-corrected chi connectivity index (χ2v) is 3.76. The predicted octanol–water partition coefficient (Wildman–Crippen LogP) is 1.26. The lowest BCUT2D eigenvalue weighted by Gasteiger charge is -2.05. The molecule has 0 spiro atoms. The van der Waals surface area contributed by atoms with Crippen molar-refractivity contribution < 1.29 is 14.7 Å². The number of benzene rings is 1. The van der Waals surface area contributed by atoms with Crippen molar-refractivity contribution >= 4 is 5.97 Å². The van der Waals surface area contributed by atoms with E-state index in [1.54, 1.807) is 31.2 Å². The Kier molecular flexibility index (Phi) is 2.84. The van der Waals surface area contributed by atoms with Crippen molar-refractivity contribution in [1.29, 1.82) is 5.26 Å². The van der Waals surface area contributed by atoms with Crippen LogP contribution in [-0.2, 0) is 9.53 Å². The Morgan fingerprint density at radius 2 is 2.24 bits per heavy atom. The maximum atomic E-state index is 11.7. The summed E-state index contributed by atoms with van der Waals surface area (Å²) < 4.78 is 4.82. The zero-order valence-electron chi connectivity index (χ0n) is 9.33. The van der Waals surface area contributed by atoms with Gasteiger partial charge in [-0.1, -0.05) is 30.3 Å². The fourth-order valence-electron chi connectivity index (χ4n) is 1.90. The van der Waals surface area contributed by atoms with E-state index in [1.807, 2.05) is 12.1 Å². The van der Waals surface area contributed by atoms with E-state index >= 15 is 0 Å². The topological polar surface area (TPSA) is 73.3 Å². The van der Waals surface area contributed by atoms with Gasteiger partial charge in [0, 0.05) is 0 Å². The monoisotopic (exact) mass is 232 g/mol. The van der Waals surface area contributed by atoms with E-state index in [1.165, 1.54) is 0 Å². The Balaban J connectivity index is 2.29. The third-order valence-corrected chi connectivity index (χ3v) is 2.81. The Morgan fingerprint density at radius 1 is 1.59 bits per heavy atom. The number of hydrogen-bond acceptors (Lipinski definition) is 5. The van der Waals surface area contributed by atoms with Crippen molar-refractivity contribution in [2.75, 3.05) is 6.61 Å².